The van der Waals surface area contributed by atoms with Crippen LogP contribution in [0.25, 0.3) is 4.91 Å². The van der Waals surface area contributed by atoms with Gasteiger partial charge in [0.2, 0.25) is 0 Å². The van der Waals surface area contributed by atoms with Gasteiger partial charge in [0.25, 0.3) is 0 Å². The van der Waals surface area contributed by atoms with Crippen molar-refractivity contribution in [2.24, 2.45) is 0 Å². The molecule has 0 radical (unpaired) electrons. The second-order valence-electron chi connectivity index (χ2n) is 8.48. The SMILES string of the molecule is Fc1cc(N2CCC(n3cnnc3)CC2)ccc1CN1SC(c2ccccc2)=CC=C1C(F)(F)F. The van der Waals surface area contributed by atoms with Gasteiger partial charge in [-0.2, -0.15) is 13.2 Å². The van der Waals surface area contributed by atoms with Crippen LogP contribution >= 0.6 is 11.9 Å². The first-order chi connectivity index (χ1) is 16.9. The zero-order chi connectivity index (χ0) is 24.4. The van der Waals surface area contributed by atoms with Crippen molar-refractivity contribution in [3.63, 3.8) is 0 Å². The molecule has 0 saturated carbocycles. The molecule has 0 aliphatic carbocycles. The van der Waals surface area contributed by atoms with Crippen molar-refractivity contribution >= 4 is 22.5 Å². The van der Waals surface area contributed by atoms with Crippen molar-refractivity contribution in [1.82, 2.24) is 19.1 Å². The first kappa shape index (κ1) is 23.5. The van der Waals surface area contributed by atoms with Gasteiger partial charge in [0, 0.05) is 35.3 Å². The number of anilines is 1. The molecule has 2 aliphatic rings. The van der Waals surface area contributed by atoms with Gasteiger partial charge in [-0.25, -0.2) is 4.39 Å². The van der Waals surface area contributed by atoms with E-state index in [0.717, 1.165) is 59.5 Å². The van der Waals surface area contributed by atoms with Crippen LogP contribution in [0.5, 0.6) is 0 Å². The van der Waals surface area contributed by atoms with E-state index in [1.807, 2.05) is 34.9 Å². The number of hydrogen-bond donors (Lipinski definition) is 0. The van der Waals surface area contributed by atoms with Gasteiger partial charge < -0.3 is 13.8 Å². The Bertz CT molecular complexity index is 1220. The summed E-state index contributed by atoms with van der Waals surface area (Å²) in [6.07, 6.45) is 3.13. The highest BCUT2D eigenvalue weighted by Gasteiger charge is 2.39. The lowest BCUT2D eigenvalue weighted by molar-refractivity contribution is -0.104. The van der Waals surface area contributed by atoms with E-state index in [4.69, 9.17) is 0 Å². The monoisotopic (exact) mass is 501 g/mol. The summed E-state index contributed by atoms with van der Waals surface area (Å²) in [7, 11) is 0. The molecule has 5 nitrogen and oxygen atoms in total. The number of hydrogen-bond acceptors (Lipinski definition) is 5. The predicted octanol–water partition coefficient (Wildman–Crippen LogP) is 6.21. The van der Waals surface area contributed by atoms with Gasteiger partial charge in [-0.05, 0) is 54.6 Å². The van der Waals surface area contributed by atoms with E-state index in [9.17, 15) is 13.2 Å². The Hall–Kier alpha value is -3.27. The minimum Gasteiger partial charge on any atom is -0.371 e. The average molecular weight is 502 g/mol. The molecule has 0 spiro atoms. The topological polar surface area (TPSA) is 37.2 Å². The van der Waals surface area contributed by atoms with Crippen LogP contribution in [0.3, 0.4) is 0 Å². The minimum atomic E-state index is -4.54. The number of benzene rings is 2. The van der Waals surface area contributed by atoms with E-state index in [-0.39, 0.29) is 12.1 Å². The van der Waals surface area contributed by atoms with Crippen molar-refractivity contribution in [1.29, 1.82) is 0 Å². The van der Waals surface area contributed by atoms with E-state index in [0.29, 0.717) is 10.9 Å². The lowest BCUT2D eigenvalue weighted by Crippen LogP contribution is -2.34. The van der Waals surface area contributed by atoms with Crippen LogP contribution in [-0.2, 0) is 6.54 Å². The van der Waals surface area contributed by atoms with Gasteiger partial charge in [-0.3, -0.25) is 0 Å². The van der Waals surface area contributed by atoms with Gasteiger partial charge in [-0.15, -0.1) is 10.2 Å². The summed E-state index contributed by atoms with van der Waals surface area (Å²) in [5.41, 5.74) is 0.952. The van der Waals surface area contributed by atoms with Crippen molar-refractivity contribution in [3.8, 4) is 0 Å². The lowest BCUT2D eigenvalue weighted by atomic mass is 10.0. The Morgan fingerprint density at radius 1 is 0.943 bits per heavy atom. The Balaban J connectivity index is 1.30. The van der Waals surface area contributed by atoms with Crippen LogP contribution < -0.4 is 4.90 Å². The number of rotatable bonds is 5. The Morgan fingerprint density at radius 3 is 2.31 bits per heavy atom. The Morgan fingerprint density at radius 2 is 1.66 bits per heavy atom. The molecule has 2 aromatic carbocycles. The molecule has 3 aromatic rings. The maximum Gasteiger partial charge on any atom is 0.431 e. The smallest absolute Gasteiger partial charge is 0.371 e. The second-order valence-corrected chi connectivity index (χ2v) is 9.54. The van der Waals surface area contributed by atoms with Crippen molar-refractivity contribution in [3.05, 3.63) is 96.0 Å². The number of alkyl halides is 3. The Labute approximate surface area is 204 Å². The molecular weight excluding hydrogens is 478 g/mol. The maximum atomic E-state index is 15.1. The summed E-state index contributed by atoms with van der Waals surface area (Å²) in [6, 6.07) is 14.3. The fourth-order valence-corrected chi connectivity index (χ4v) is 5.45. The normalized spacial score (nSPS) is 17.4. The third-order valence-electron chi connectivity index (χ3n) is 6.26. The number of halogens is 4. The molecule has 1 saturated heterocycles. The quantitative estimate of drug-likeness (QED) is 0.307. The van der Waals surface area contributed by atoms with E-state index in [1.165, 1.54) is 12.1 Å². The predicted molar refractivity (Wildman–Crippen MR) is 129 cm³/mol. The molecule has 0 amide bonds. The molecule has 35 heavy (non-hydrogen) atoms. The summed E-state index contributed by atoms with van der Waals surface area (Å²) in [5.74, 6) is -0.513. The molecule has 1 aromatic heterocycles. The number of allylic oxidation sites excluding steroid dienone is 3. The zero-order valence-corrected chi connectivity index (χ0v) is 19.5. The van der Waals surface area contributed by atoms with Gasteiger partial charge in [0.15, 0.2) is 0 Å². The third-order valence-corrected chi connectivity index (χ3v) is 7.37. The highest BCUT2D eigenvalue weighted by Crippen LogP contribution is 2.43. The molecule has 0 unspecified atom stereocenters. The van der Waals surface area contributed by atoms with E-state index in [2.05, 4.69) is 15.1 Å². The molecule has 10 heteroatoms. The van der Waals surface area contributed by atoms with Crippen LogP contribution in [0.2, 0.25) is 0 Å². The van der Waals surface area contributed by atoms with E-state index >= 15 is 4.39 Å². The van der Waals surface area contributed by atoms with Crippen molar-refractivity contribution < 1.29 is 17.6 Å². The number of aromatic nitrogens is 3. The van der Waals surface area contributed by atoms with E-state index in [1.54, 1.807) is 24.8 Å². The first-order valence-electron chi connectivity index (χ1n) is 11.3. The third kappa shape index (κ3) is 5.22. The Kier molecular flexibility index (Phi) is 6.55. The minimum absolute atomic E-state index is 0.206. The molecule has 2 aliphatic heterocycles. The van der Waals surface area contributed by atoms with Gasteiger partial charge in [-0.1, -0.05) is 36.4 Å². The highest BCUT2D eigenvalue weighted by atomic mass is 32.2. The van der Waals surface area contributed by atoms with Gasteiger partial charge in [0.05, 0.1) is 6.54 Å². The van der Waals surface area contributed by atoms with Crippen LogP contribution in [0.15, 0.2) is 79.0 Å². The molecule has 3 heterocycles. The highest BCUT2D eigenvalue weighted by molar-refractivity contribution is 8.06. The molecule has 0 bridgehead atoms. The molecule has 5 rings (SSSR count). The fourth-order valence-electron chi connectivity index (χ4n) is 4.38. The summed E-state index contributed by atoms with van der Waals surface area (Å²) >= 11 is 0.971. The molecule has 1 fully saturated rings. The molecule has 182 valence electrons. The fraction of sp³-hybridized carbons (Fsp3) is 0.280. The zero-order valence-electron chi connectivity index (χ0n) is 18.7. The molecular formula is C25H23F4N5S. The van der Waals surface area contributed by atoms with Crippen molar-refractivity contribution in [2.75, 3.05) is 18.0 Å². The number of piperidine rings is 1. The van der Waals surface area contributed by atoms with Crippen LogP contribution in [0.1, 0.15) is 30.0 Å². The summed E-state index contributed by atoms with van der Waals surface area (Å²) in [5, 5.41) is 7.70. The largest absolute Gasteiger partial charge is 0.431 e. The maximum absolute atomic E-state index is 15.1. The van der Waals surface area contributed by atoms with Gasteiger partial charge in [0.1, 0.15) is 24.2 Å². The van der Waals surface area contributed by atoms with Crippen LogP contribution in [0.4, 0.5) is 23.2 Å². The van der Waals surface area contributed by atoms with Crippen LogP contribution in [-0.4, -0.2) is 38.3 Å². The second kappa shape index (κ2) is 9.77. The molecule has 0 atom stereocenters. The van der Waals surface area contributed by atoms with Gasteiger partial charge >= 0.3 is 6.18 Å². The van der Waals surface area contributed by atoms with E-state index < -0.39 is 17.7 Å². The summed E-state index contributed by atoms with van der Waals surface area (Å²) < 4.78 is 59.3. The van der Waals surface area contributed by atoms with Crippen LogP contribution in [0, 0.1) is 5.82 Å². The standard InChI is InChI=1S/C25H23F4N5S/c26-22-14-21(32-12-10-20(11-13-32)33-16-30-31-17-33)7-6-19(22)15-34-24(25(27,28)29)9-8-23(35-34)18-4-2-1-3-5-18/h1-9,14,16-17,20H,10-13,15H2. The van der Waals surface area contributed by atoms with Crippen molar-refractivity contribution in [2.45, 2.75) is 31.6 Å². The lowest BCUT2D eigenvalue weighted by Gasteiger charge is -2.34. The first-order valence-corrected chi connectivity index (χ1v) is 12.0. The number of nitrogens with zero attached hydrogens (tertiary/aromatic N) is 5. The summed E-state index contributed by atoms with van der Waals surface area (Å²) in [6.45, 7) is 1.29. The molecule has 0 N–H and O–H groups in total. The summed E-state index contributed by atoms with van der Waals surface area (Å²) in [4.78, 5) is 2.77. The average Bonchev–Trinajstić information content (AvgIpc) is 3.40.